The average molecular weight is 831 g/mol. The van der Waals surface area contributed by atoms with Crippen molar-refractivity contribution >= 4 is 19.8 Å². The minimum atomic E-state index is -5.12. The van der Waals surface area contributed by atoms with Crippen LogP contribution in [0.25, 0.3) is 0 Å². The highest BCUT2D eigenvalue weighted by Crippen LogP contribution is 2.47. The number of carbonyl (C=O) groups excluding carboxylic acids is 2. The van der Waals surface area contributed by atoms with E-state index in [2.05, 4.69) is 62.5 Å². The van der Waals surface area contributed by atoms with Crippen LogP contribution in [0.3, 0.4) is 0 Å². The maximum atomic E-state index is 12.8. The lowest BCUT2D eigenvalue weighted by Gasteiger charge is -2.41. The van der Waals surface area contributed by atoms with Gasteiger partial charge >= 0.3 is 19.8 Å². The van der Waals surface area contributed by atoms with E-state index in [0.29, 0.717) is 12.8 Å². The summed E-state index contributed by atoms with van der Waals surface area (Å²) in [5, 5.41) is 50.0. The number of carbonyl (C=O) groups is 2. The average Bonchev–Trinajstić information content (AvgIpc) is 3.19. The molecule has 1 saturated carbocycles. The van der Waals surface area contributed by atoms with Gasteiger partial charge in [-0.3, -0.25) is 18.6 Å². The number of phosphoric ester groups is 1. The highest BCUT2D eigenvalue weighted by Gasteiger charge is 2.51. The highest BCUT2D eigenvalue weighted by molar-refractivity contribution is 7.47. The van der Waals surface area contributed by atoms with Crippen LogP contribution in [0.1, 0.15) is 155 Å². The van der Waals surface area contributed by atoms with Crippen LogP contribution in [0, 0.1) is 0 Å². The highest BCUT2D eigenvalue weighted by atomic mass is 31.2. The van der Waals surface area contributed by atoms with Crippen LogP contribution < -0.4 is 0 Å². The Balaban J connectivity index is 2.54. The topological polar surface area (TPSA) is 210 Å². The number of phosphoric acid groups is 1. The van der Waals surface area contributed by atoms with E-state index >= 15 is 0 Å². The van der Waals surface area contributed by atoms with E-state index in [0.717, 1.165) is 70.6 Å². The Kier molecular flexibility index (Phi) is 31.2. The molecule has 1 aliphatic carbocycles. The fourth-order valence-corrected chi connectivity index (χ4v) is 7.08. The number of unbranched alkanes of at least 4 members (excludes halogenated alkanes) is 14. The van der Waals surface area contributed by atoms with Crippen molar-refractivity contribution in [1.29, 1.82) is 0 Å². The summed E-state index contributed by atoms with van der Waals surface area (Å²) in [5.74, 6) is -1.16. The molecule has 0 aromatic carbocycles. The first-order chi connectivity index (χ1) is 27.4. The first-order valence-corrected chi connectivity index (χ1v) is 22.9. The number of aliphatic hydroxyl groups is 5. The van der Waals surface area contributed by atoms with Gasteiger partial charge in [0.25, 0.3) is 0 Å². The van der Waals surface area contributed by atoms with Crippen LogP contribution in [0.5, 0.6) is 0 Å². The summed E-state index contributed by atoms with van der Waals surface area (Å²) in [6.07, 6.45) is 24.6. The molecule has 0 aliphatic heterocycles. The summed E-state index contributed by atoms with van der Waals surface area (Å²) in [5.41, 5.74) is 0. The minimum absolute atomic E-state index is 0.0768. The van der Waals surface area contributed by atoms with Crippen LogP contribution in [-0.4, -0.2) is 98.3 Å². The Labute approximate surface area is 341 Å². The van der Waals surface area contributed by atoms with Crippen LogP contribution in [-0.2, 0) is 32.7 Å². The number of ether oxygens (including phenoxy) is 2. The molecule has 0 spiro atoms. The Morgan fingerprint density at radius 1 is 0.544 bits per heavy atom. The fraction of sp³-hybridized carbons (Fsp3) is 0.767. The van der Waals surface area contributed by atoms with Gasteiger partial charge < -0.3 is 39.9 Å². The lowest BCUT2D eigenvalue weighted by atomic mass is 9.85. The molecule has 0 amide bonds. The molecule has 0 bridgehead atoms. The molecule has 57 heavy (non-hydrogen) atoms. The molecule has 6 N–H and O–H groups in total. The molecule has 0 saturated heterocycles. The predicted molar refractivity (Wildman–Crippen MR) is 221 cm³/mol. The third-order valence-electron chi connectivity index (χ3n) is 9.64. The number of hydrogen-bond donors (Lipinski definition) is 6. The molecule has 6 unspecified atom stereocenters. The fourth-order valence-electron chi connectivity index (χ4n) is 6.11. The van der Waals surface area contributed by atoms with Gasteiger partial charge in [-0.15, -0.1) is 0 Å². The van der Waals surface area contributed by atoms with Gasteiger partial charge in [0, 0.05) is 12.8 Å². The molecular formula is C43H75O13P. The van der Waals surface area contributed by atoms with Gasteiger partial charge in [0.05, 0.1) is 6.61 Å². The normalized spacial score (nSPS) is 23.2. The van der Waals surface area contributed by atoms with Gasteiger partial charge in [-0.05, 0) is 77.0 Å². The van der Waals surface area contributed by atoms with Gasteiger partial charge in [0.15, 0.2) is 6.10 Å². The Hall–Kier alpha value is -2.19. The van der Waals surface area contributed by atoms with Crippen molar-refractivity contribution in [2.24, 2.45) is 0 Å². The Bertz CT molecular complexity index is 1190. The van der Waals surface area contributed by atoms with Crippen molar-refractivity contribution < 1.29 is 63.1 Å². The zero-order valence-electron chi connectivity index (χ0n) is 34.6. The van der Waals surface area contributed by atoms with E-state index in [9.17, 15) is 44.6 Å². The summed E-state index contributed by atoms with van der Waals surface area (Å²) in [6.45, 7) is 3.19. The summed E-state index contributed by atoms with van der Waals surface area (Å²) < 4.78 is 33.4. The smallest absolute Gasteiger partial charge is 0.462 e. The van der Waals surface area contributed by atoms with E-state index in [1.807, 2.05) is 0 Å². The largest absolute Gasteiger partial charge is 0.472 e. The molecule has 0 aromatic heterocycles. The molecule has 13 nitrogen and oxygen atoms in total. The zero-order valence-corrected chi connectivity index (χ0v) is 35.5. The second-order valence-corrected chi connectivity index (χ2v) is 16.2. The standard InChI is InChI=1S/C43H75O13P/c1-3-5-7-9-11-13-15-17-18-20-21-23-25-27-29-31-36(44)53-33-35(34-54-57(51,52)56-43-41(49)39(47)38(46)40(48)42(43)50)55-37(45)32-30-28-26-24-22-19-16-14-12-10-8-6-4-2/h11,13-14,16-18,21,23,35,38-43,46-50H,3-10,12,15,19-20,22,24-34H2,1-2H3,(H,51,52)/b13-11+,16-14+,18-17+,23-21+/t35-,38?,39-,40?,41?,42?,43?/m0/s1. The van der Waals surface area contributed by atoms with Crippen LogP contribution in [0.4, 0.5) is 0 Å². The molecule has 8 atom stereocenters. The third kappa shape index (κ3) is 26.5. The summed E-state index contributed by atoms with van der Waals surface area (Å²) in [6, 6.07) is 0. The maximum Gasteiger partial charge on any atom is 0.472 e. The Morgan fingerprint density at radius 3 is 1.53 bits per heavy atom. The third-order valence-corrected chi connectivity index (χ3v) is 10.6. The van der Waals surface area contributed by atoms with Crippen LogP contribution in [0.2, 0.25) is 0 Å². The van der Waals surface area contributed by atoms with Gasteiger partial charge in [-0.25, -0.2) is 4.57 Å². The first-order valence-electron chi connectivity index (χ1n) is 21.4. The van der Waals surface area contributed by atoms with Crippen LogP contribution in [0.15, 0.2) is 48.6 Å². The summed E-state index contributed by atoms with van der Waals surface area (Å²) in [4.78, 5) is 35.6. The second kappa shape index (κ2) is 33.6. The number of allylic oxidation sites excluding steroid dienone is 8. The zero-order chi connectivity index (χ0) is 42.2. The molecule has 1 aliphatic rings. The predicted octanol–water partition coefficient (Wildman–Crippen LogP) is 7.61. The van der Waals surface area contributed by atoms with Crippen molar-refractivity contribution in [3.05, 3.63) is 48.6 Å². The van der Waals surface area contributed by atoms with Crippen molar-refractivity contribution in [3.63, 3.8) is 0 Å². The van der Waals surface area contributed by atoms with Crippen molar-refractivity contribution in [1.82, 2.24) is 0 Å². The SMILES string of the molecule is CCCCC/C=C/C/C=C/C/C=C/CCCCC(=O)OC[C@@H](COP(=O)(O)OC1C(O)C(O)C(O)[C@H](O)C1O)OC(=O)CCCCCCC/C=C/CCCCCC. The number of aliphatic hydroxyl groups excluding tert-OH is 5. The van der Waals surface area contributed by atoms with E-state index in [1.54, 1.807) is 0 Å². The van der Waals surface area contributed by atoms with Crippen molar-refractivity contribution in [2.45, 2.75) is 198 Å². The molecular weight excluding hydrogens is 755 g/mol. The lowest BCUT2D eigenvalue weighted by molar-refractivity contribution is -0.220. The van der Waals surface area contributed by atoms with E-state index in [-0.39, 0.29) is 12.8 Å². The van der Waals surface area contributed by atoms with Crippen molar-refractivity contribution in [3.8, 4) is 0 Å². The van der Waals surface area contributed by atoms with E-state index in [1.165, 1.54) is 44.9 Å². The Morgan fingerprint density at radius 2 is 0.947 bits per heavy atom. The molecule has 1 rings (SSSR count). The summed E-state index contributed by atoms with van der Waals surface area (Å²) in [7, 11) is -5.12. The molecule has 0 aromatic rings. The quantitative estimate of drug-likeness (QED) is 0.0160. The van der Waals surface area contributed by atoms with Gasteiger partial charge in [-0.2, -0.15) is 0 Å². The molecule has 0 heterocycles. The molecule has 330 valence electrons. The number of esters is 2. The van der Waals surface area contributed by atoms with Gasteiger partial charge in [0.1, 0.15) is 43.2 Å². The first kappa shape index (κ1) is 52.8. The second-order valence-electron chi connectivity index (χ2n) is 14.8. The van der Waals surface area contributed by atoms with Crippen LogP contribution >= 0.6 is 7.82 Å². The van der Waals surface area contributed by atoms with E-state index < -0.39 is 75.7 Å². The molecule has 1 fully saturated rings. The minimum Gasteiger partial charge on any atom is -0.462 e. The van der Waals surface area contributed by atoms with Gasteiger partial charge in [0.2, 0.25) is 0 Å². The lowest BCUT2D eigenvalue weighted by Crippen LogP contribution is -2.64. The number of hydrogen-bond acceptors (Lipinski definition) is 12. The van der Waals surface area contributed by atoms with Crippen molar-refractivity contribution in [2.75, 3.05) is 13.2 Å². The van der Waals surface area contributed by atoms with Gasteiger partial charge in [-0.1, -0.05) is 114 Å². The maximum absolute atomic E-state index is 12.8. The molecule has 0 radical (unpaired) electrons. The number of rotatable bonds is 34. The monoisotopic (exact) mass is 830 g/mol. The van der Waals surface area contributed by atoms with E-state index in [4.69, 9.17) is 18.5 Å². The summed E-state index contributed by atoms with van der Waals surface area (Å²) >= 11 is 0. The molecule has 14 heteroatoms.